The minimum absolute atomic E-state index is 0.110. The van der Waals surface area contributed by atoms with Crippen molar-refractivity contribution >= 4 is 39.5 Å². The Bertz CT molecular complexity index is 2190. The van der Waals surface area contributed by atoms with Gasteiger partial charge in [-0.3, -0.25) is 37.3 Å². The quantitative estimate of drug-likeness (QED) is 0.0222. The number of unbranched alkanes of at least 4 members (excludes halogenated alkanes) is 68. The van der Waals surface area contributed by atoms with Crippen molar-refractivity contribution in [2.75, 3.05) is 39.6 Å². The molecule has 0 saturated carbocycles. The maximum atomic E-state index is 13.2. The molecule has 0 aliphatic carbocycles. The van der Waals surface area contributed by atoms with Crippen LogP contribution in [0.4, 0.5) is 0 Å². The van der Waals surface area contributed by atoms with Crippen LogP contribution in [0.3, 0.4) is 0 Å². The number of ether oxygens (including phenoxy) is 4. The van der Waals surface area contributed by atoms with E-state index in [9.17, 15) is 43.2 Å². The van der Waals surface area contributed by atoms with Crippen molar-refractivity contribution in [3.05, 3.63) is 0 Å². The second-order valence-corrected chi connectivity index (χ2v) is 38.0. The Labute approximate surface area is 715 Å². The standard InChI is InChI=1S/C97H190O17P2/c1-6-10-13-16-19-22-25-27-29-31-33-35-37-39-44-48-52-56-61-66-71-76-81-95(100)108-87-93(114-97(102)83-78-73-68-63-58-54-50-46-42-41-43-47-51-55-59-64-69-74-79-90(5)9-4)89-112-116(105,106)110-85-91(98)84-109-115(103,104)111-88-92(86-107-94(99)80-75-70-65-60-24-21-18-15-12-8-3)113-96(101)82-77-72-67-62-57-53-49-45-40-38-36-34-32-30-28-26-23-20-17-14-11-7-2/h90-93,98H,6-89H2,1-5H3,(H,103,104)(H,105,106)/t90?,91-,92+,93+/m0/s1. The Morgan fingerprint density at radius 2 is 0.414 bits per heavy atom. The number of carbonyl (C=O) groups excluding carboxylic acids is 4. The number of phosphoric acid groups is 2. The molecule has 0 fully saturated rings. The Hall–Kier alpha value is -1.94. The molecule has 19 heteroatoms. The molecular formula is C97H190O17P2. The highest BCUT2D eigenvalue weighted by Gasteiger charge is 2.31. The van der Waals surface area contributed by atoms with E-state index < -0.39 is 97.5 Å². The molecule has 0 aromatic rings. The fraction of sp³-hybridized carbons (Fsp3) is 0.959. The summed E-state index contributed by atoms with van der Waals surface area (Å²) in [5, 5.41) is 10.7. The van der Waals surface area contributed by atoms with Gasteiger partial charge in [0.2, 0.25) is 0 Å². The summed E-state index contributed by atoms with van der Waals surface area (Å²) in [5.41, 5.74) is 0. The van der Waals surface area contributed by atoms with Crippen LogP contribution in [0.25, 0.3) is 0 Å². The molecule has 0 amide bonds. The molecule has 0 rings (SSSR count). The zero-order valence-corrected chi connectivity index (χ0v) is 78.4. The molecule has 0 radical (unpaired) electrons. The van der Waals surface area contributed by atoms with E-state index in [-0.39, 0.29) is 25.7 Å². The molecule has 0 saturated heterocycles. The summed E-state index contributed by atoms with van der Waals surface area (Å²) in [4.78, 5) is 73.5. The third-order valence-corrected chi connectivity index (χ3v) is 25.3. The summed E-state index contributed by atoms with van der Waals surface area (Å²) in [6, 6.07) is 0. The highest BCUT2D eigenvalue weighted by molar-refractivity contribution is 7.47. The lowest BCUT2D eigenvalue weighted by Crippen LogP contribution is -2.30. The van der Waals surface area contributed by atoms with Crippen molar-refractivity contribution in [1.82, 2.24) is 0 Å². The van der Waals surface area contributed by atoms with Crippen LogP contribution >= 0.6 is 15.6 Å². The molecule has 690 valence electrons. The molecule has 17 nitrogen and oxygen atoms in total. The zero-order chi connectivity index (χ0) is 84.7. The van der Waals surface area contributed by atoms with E-state index >= 15 is 0 Å². The number of hydrogen-bond donors (Lipinski definition) is 3. The summed E-state index contributed by atoms with van der Waals surface area (Å²) < 4.78 is 69.2. The minimum atomic E-state index is -4.97. The average Bonchev–Trinajstić information content (AvgIpc) is 0.897. The summed E-state index contributed by atoms with van der Waals surface area (Å²) in [6.07, 6.45) is 87.8. The third-order valence-electron chi connectivity index (χ3n) is 23.4. The van der Waals surface area contributed by atoms with E-state index in [0.717, 1.165) is 95.8 Å². The van der Waals surface area contributed by atoms with E-state index in [4.69, 9.17) is 37.0 Å². The molecule has 0 bridgehead atoms. The fourth-order valence-corrected chi connectivity index (χ4v) is 17.0. The third kappa shape index (κ3) is 88.4. The van der Waals surface area contributed by atoms with E-state index in [1.807, 2.05) is 0 Å². The minimum Gasteiger partial charge on any atom is -0.462 e. The first kappa shape index (κ1) is 114. The van der Waals surface area contributed by atoms with Gasteiger partial charge in [-0.2, -0.15) is 0 Å². The lowest BCUT2D eigenvalue weighted by molar-refractivity contribution is -0.161. The van der Waals surface area contributed by atoms with Gasteiger partial charge in [-0.25, -0.2) is 9.13 Å². The number of hydrogen-bond acceptors (Lipinski definition) is 15. The first-order chi connectivity index (χ1) is 56.6. The summed E-state index contributed by atoms with van der Waals surface area (Å²) >= 11 is 0. The van der Waals surface area contributed by atoms with Crippen LogP contribution in [-0.4, -0.2) is 96.7 Å². The zero-order valence-electron chi connectivity index (χ0n) is 76.7. The number of phosphoric ester groups is 2. The first-order valence-electron chi connectivity index (χ1n) is 50.2. The SMILES string of the molecule is CCCCCCCCCCCCCCCCCCCCCCCCC(=O)OC[C@H](COP(=O)(O)OC[C@@H](O)COP(=O)(O)OC[C@@H](COC(=O)CCCCCCCCCCCC)OC(=O)CCCCCCCCCCCCCCCCCCCCCCCC)OC(=O)CCCCCCCCCCCCCCCCCCCCC(C)CC. The number of esters is 4. The molecule has 0 aromatic heterocycles. The topological polar surface area (TPSA) is 237 Å². The predicted octanol–water partition coefficient (Wildman–Crippen LogP) is 30.7. The van der Waals surface area contributed by atoms with Crippen LogP contribution in [0.15, 0.2) is 0 Å². The Morgan fingerprint density at radius 3 is 0.612 bits per heavy atom. The van der Waals surface area contributed by atoms with Gasteiger partial charge in [-0.15, -0.1) is 0 Å². The van der Waals surface area contributed by atoms with Crippen LogP contribution in [0.5, 0.6) is 0 Å². The number of aliphatic hydroxyl groups excluding tert-OH is 1. The molecule has 3 unspecified atom stereocenters. The van der Waals surface area contributed by atoms with Gasteiger partial charge in [0.05, 0.1) is 26.4 Å². The van der Waals surface area contributed by atoms with E-state index in [1.54, 1.807) is 0 Å². The Balaban J connectivity index is 5.19. The van der Waals surface area contributed by atoms with Gasteiger partial charge in [0.15, 0.2) is 12.2 Å². The van der Waals surface area contributed by atoms with Gasteiger partial charge in [0, 0.05) is 25.7 Å². The first-order valence-corrected chi connectivity index (χ1v) is 53.2. The smallest absolute Gasteiger partial charge is 0.462 e. The van der Waals surface area contributed by atoms with Crippen LogP contribution in [0, 0.1) is 5.92 Å². The van der Waals surface area contributed by atoms with E-state index in [1.165, 1.54) is 360 Å². The Kier molecular flexibility index (Phi) is 87.8. The lowest BCUT2D eigenvalue weighted by Gasteiger charge is -2.21. The van der Waals surface area contributed by atoms with Gasteiger partial charge < -0.3 is 33.8 Å². The van der Waals surface area contributed by atoms with E-state index in [2.05, 4.69) is 34.6 Å². The molecule has 0 aromatic carbocycles. The molecule has 0 spiro atoms. The highest BCUT2D eigenvalue weighted by Crippen LogP contribution is 2.45. The number of rotatable bonds is 97. The molecule has 0 aliphatic heterocycles. The van der Waals surface area contributed by atoms with Crippen LogP contribution in [-0.2, 0) is 65.4 Å². The van der Waals surface area contributed by atoms with Crippen molar-refractivity contribution in [3.8, 4) is 0 Å². The van der Waals surface area contributed by atoms with Crippen molar-refractivity contribution in [2.45, 2.75) is 554 Å². The van der Waals surface area contributed by atoms with Crippen molar-refractivity contribution < 1.29 is 80.2 Å². The van der Waals surface area contributed by atoms with Crippen molar-refractivity contribution in [2.24, 2.45) is 5.92 Å². The second-order valence-electron chi connectivity index (χ2n) is 35.1. The Morgan fingerprint density at radius 1 is 0.241 bits per heavy atom. The predicted molar refractivity (Wildman–Crippen MR) is 483 cm³/mol. The fourth-order valence-electron chi connectivity index (χ4n) is 15.4. The maximum Gasteiger partial charge on any atom is 0.472 e. The maximum absolute atomic E-state index is 13.2. The average molecular weight is 1690 g/mol. The van der Waals surface area contributed by atoms with Crippen LogP contribution in [0.1, 0.15) is 535 Å². The molecule has 0 heterocycles. The van der Waals surface area contributed by atoms with Gasteiger partial charge in [0.1, 0.15) is 19.3 Å². The second kappa shape index (κ2) is 89.3. The molecule has 6 atom stereocenters. The van der Waals surface area contributed by atoms with Crippen molar-refractivity contribution in [3.63, 3.8) is 0 Å². The van der Waals surface area contributed by atoms with Crippen LogP contribution in [0.2, 0.25) is 0 Å². The molecule has 3 N–H and O–H groups in total. The van der Waals surface area contributed by atoms with E-state index in [0.29, 0.717) is 25.7 Å². The number of carbonyl (C=O) groups is 4. The van der Waals surface area contributed by atoms with Crippen molar-refractivity contribution in [1.29, 1.82) is 0 Å². The van der Waals surface area contributed by atoms with Gasteiger partial charge in [0.25, 0.3) is 0 Å². The lowest BCUT2D eigenvalue weighted by atomic mass is 9.99. The molecule has 0 aliphatic rings. The summed E-state index contributed by atoms with van der Waals surface area (Å²) in [7, 11) is -9.94. The monoisotopic (exact) mass is 1690 g/mol. The summed E-state index contributed by atoms with van der Waals surface area (Å²) in [5.74, 6) is -1.22. The van der Waals surface area contributed by atoms with Gasteiger partial charge in [-0.1, -0.05) is 484 Å². The van der Waals surface area contributed by atoms with Crippen LogP contribution < -0.4 is 0 Å². The number of aliphatic hydroxyl groups is 1. The van der Waals surface area contributed by atoms with Gasteiger partial charge in [-0.05, 0) is 31.6 Å². The highest BCUT2D eigenvalue weighted by atomic mass is 31.2. The summed E-state index contributed by atoms with van der Waals surface area (Å²) in [6.45, 7) is 7.48. The molecular weight excluding hydrogens is 1500 g/mol. The van der Waals surface area contributed by atoms with Gasteiger partial charge >= 0.3 is 39.5 Å². The molecule has 116 heavy (non-hydrogen) atoms. The normalized spacial score (nSPS) is 13.8. The largest absolute Gasteiger partial charge is 0.472 e.